The van der Waals surface area contributed by atoms with Gasteiger partial charge in [0.05, 0.1) is 0 Å². The molecule has 0 saturated carbocycles. The summed E-state index contributed by atoms with van der Waals surface area (Å²) < 4.78 is 11.7. The second-order valence-electron chi connectivity index (χ2n) is 10.1. The van der Waals surface area contributed by atoms with Crippen molar-refractivity contribution in [2.24, 2.45) is 0 Å². The van der Waals surface area contributed by atoms with Crippen LogP contribution in [0.1, 0.15) is 56.2 Å². The molecule has 3 rings (SSSR count). The normalized spacial score (nSPS) is 13.2. The van der Waals surface area contributed by atoms with E-state index in [1.807, 2.05) is 59.5 Å². The lowest BCUT2D eigenvalue weighted by molar-refractivity contribution is 0.0283. The molecule has 2 N–H and O–H groups in total. The lowest BCUT2D eigenvalue weighted by Gasteiger charge is -2.27. The molecule has 5 heteroatoms. The minimum atomic E-state index is -0.699. The van der Waals surface area contributed by atoms with E-state index in [1.165, 1.54) is 11.1 Å². The molecule has 0 amide bonds. The van der Waals surface area contributed by atoms with Gasteiger partial charge in [0.2, 0.25) is 0 Å². The Balaban J connectivity index is 1.54. The van der Waals surface area contributed by atoms with E-state index >= 15 is 0 Å². The maximum atomic E-state index is 10.7. The van der Waals surface area contributed by atoms with Crippen LogP contribution in [0.5, 0.6) is 11.5 Å². The number of hydrogen-bond donors (Lipinski definition) is 2. The molecule has 0 heterocycles. The molecule has 0 saturated heterocycles. The van der Waals surface area contributed by atoms with E-state index in [-0.39, 0.29) is 13.2 Å². The summed E-state index contributed by atoms with van der Waals surface area (Å²) in [5.41, 5.74) is 3.63. The van der Waals surface area contributed by atoms with E-state index in [0.717, 1.165) is 17.1 Å². The van der Waals surface area contributed by atoms with E-state index in [2.05, 4.69) is 52.0 Å². The van der Waals surface area contributed by atoms with Crippen molar-refractivity contribution in [1.82, 2.24) is 4.90 Å². The third-order valence-corrected chi connectivity index (χ3v) is 6.17. The molecular formula is C31H41NO4. The van der Waals surface area contributed by atoms with E-state index in [9.17, 15) is 10.2 Å². The summed E-state index contributed by atoms with van der Waals surface area (Å²) in [6, 6.07) is 26.1. The Morgan fingerprint density at radius 2 is 1.03 bits per heavy atom. The number of benzene rings is 3. The zero-order chi connectivity index (χ0) is 25.9. The van der Waals surface area contributed by atoms with Crippen LogP contribution in [-0.4, -0.2) is 53.6 Å². The van der Waals surface area contributed by atoms with Gasteiger partial charge in [-0.1, -0.05) is 82.3 Å². The van der Waals surface area contributed by atoms with Gasteiger partial charge in [-0.05, 0) is 52.8 Å². The molecule has 2 unspecified atom stereocenters. The number of hydrogen-bond acceptors (Lipinski definition) is 5. The molecule has 0 aliphatic rings. The second kappa shape index (κ2) is 14.0. The maximum absolute atomic E-state index is 10.7. The van der Waals surface area contributed by atoms with Crippen molar-refractivity contribution in [3.63, 3.8) is 0 Å². The molecular weight excluding hydrogens is 450 g/mol. The molecule has 0 spiro atoms. The maximum Gasteiger partial charge on any atom is 0.119 e. The first-order valence-electron chi connectivity index (χ1n) is 12.9. The van der Waals surface area contributed by atoms with Crippen molar-refractivity contribution in [3.8, 4) is 11.5 Å². The molecule has 194 valence electrons. The van der Waals surface area contributed by atoms with Crippen molar-refractivity contribution in [1.29, 1.82) is 0 Å². The van der Waals surface area contributed by atoms with Crippen LogP contribution in [0.4, 0.5) is 0 Å². The second-order valence-corrected chi connectivity index (χ2v) is 10.1. The Labute approximate surface area is 216 Å². The third-order valence-electron chi connectivity index (χ3n) is 6.17. The van der Waals surface area contributed by atoms with Gasteiger partial charge in [0, 0.05) is 19.6 Å². The van der Waals surface area contributed by atoms with Gasteiger partial charge in [-0.2, -0.15) is 0 Å². The molecule has 0 fully saturated rings. The SMILES string of the molecule is CC(C)c1ccc(OCC(O)CN(Cc2ccccc2)CC(O)COc2ccc(C(C)C)cc2)cc1. The molecule has 0 aliphatic carbocycles. The van der Waals surface area contributed by atoms with Crippen LogP contribution in [0.3, 0.4) is 0 Å². The highest BCUT2D eigenvalue weighted by Gasteiger charge is 2.18. The van der Waals surface area contributed by atoms with Crippen molar-refractivity contribution in [2.45, 2.75) is 58.3 Å². The summed E-state index contributed by atoms with van der Waals surface area (Å²) in [6.45, 7) is 10.3. The van der Waals surface area contributed by atoms with Gasteiger partial charge in [-0.25, -0.2) is 0 Å². The Morgan fingerprint density at radius 1 is 0.611 bits per heavy atom. The quantitative estimate of drug-likeness (QED) is 0.307. The van der Waals surface area contributed by atoms with Crippen molar-refractivity contribution >= 4 is 0 Å². The summed E-state index contributed by atoms with van der Waals surface area (Å²) in [6.07, 6.45) is -1.40. The van der Waals surface area contributed by atoms with Crippen LogP contribution >= 0.6 is 0 Å². The Morgan fingerprint density at radius 3 is 1.42 bits per heavy atom. The fraction of sp³-hybridized carbons (Fsp3) is 0.419. The molecule has 0 bridgehead atoms. The minimum absolute atomic E-state index is 0.182. The van der Waals surface area contributed by atoms with Gasteiger partial charge in [-0.15, -0.1) is 0 Å². The Bertz CT molecular complexity index is 940. The van der Waals surface area contributed by atoms with Gasteiger partial charge in [0.1, 0.15) is 36.9 Å². The van der Waals surface area contributed by atoms with Gasteiger partial charge in [0.15, 0.2) is 0 Å². The zero-order valence-corrected chi connectivity index (χ0v) is 22.0. The van der Waals surface area contributed by atoms with Crippen LogP contribution in [0, 0.1) is 0 Å². The summed E-state index contributed by atoms with van der Waals surface area (Å²) in [4.78, 5) is 2.04. The minimum Gasteiger partial charge on any atom is -0.491 e. The van der Waals surface area contributed by atoms with Crippen molar-refractivity contribution < 1.29 is 19.7 Å². The predicted octanol–water partition coefficient (Wildman–Crippen LogP) is 5.62. The average molecular weight is 492 g/mol. The number of aliphatic hydroxyl groups excluding tert-OH is 2. The molecule has 0 aliphatic heterocycles. The van der Waals surface area contributed by atoms with Crippen LogP contribution in [-0.2, 0) is 6.54 Å². The van der Waals surface area contributed by atoms with Crippen LogP contribution in [0.15, 0.2) is 78.9 Å². The fourth-order valence-corrected chi connectivity index (χ4v) is 4.03. The predicted molar refractivity (Wildman–Crippen MR) is 146 cm³/mol. The monoisotopic (exact) mass is 491 g/mol. The summed E-state index contributed by atoms with van der Waals surface area (Å²) in [7, 11) is 0. The van der Waals surface area contributed by atoms with Crippen LogP contribution in [0.25, 0.3) is 0 Å². The van der Waals surface area contributed by atoms with E-state index < -0.39 is 12.2 Å². The first-order valence-corrected chi connectivity index (χ1v) is 12.9. The van der Waals surface area contributed by atoms with E-state index in [0.29, 0.717) is 31.5 Å². The number of nitrogens with zero attached hydrogens (tertiary/aromatic N) is 1. The van der Waals surface area contributed by atoms with Gasteiger partial charge >= 0.3 is 0 Å². The largest absolute Gasteiger partial charge is 0.491 e. The van der Waals surface area contributed by atoms with E-state index in [4.69, 9.17) is 9.47 Å². The smallest absolute Gasteiger partial charge is 0.119 e. The van der Waals surface area contributed by atoms with Gasteiger partial charge in [-0.3, -0.25) is 4.90 Å². The first kappa shape index (κ1) is 27.7. The highest BCUT2D eigenvalue weighted by atomic mass is 16.5. The Kier molecular flexibility index (Phi) is 10.8. The summed E-state index contributed by atoms with van der Waals surface area (Å²) in [5, 5.41) is 21.4. The van der Waals surface area contributed by atoms with Crippen molar-refractivity contribution in [2.75, 3.05) is 26.3 Å². The zero-order valence-electron chi connectivity index (χ0n) is 22.0. The first-order chi connectivity index (χ1) is 17.3. The number of rotatable bonds is 14. The van der Waals surface area contributed by atoms with Crippen LogP contribution < -0.4 is 9.47 Å². The molecule has 0 radical (unpaired) electrons. The molecule has 3 aromatic carbocycles. The average Bonchev–Trinajstić information content (AvgIpc) is 2.87. The van der Waals surface area contributed by atoms with Crippen LogP contribution in [0.2, 0.25) is 0 Å². The number of ether oxygens (including phenoxy) is 2. The fourth-order valence-electron chi connectivity index (χ4n) is 4.03. The van der Waals surface area contributed by atoms with Gasteiger partial charge in [0.25, 0.3) is 0 Å². The Hall–Kier alpha value is -2.86. The standard InChI is InChI=1S/C31H41NO4/c1-23(2)26-10-14-30(15-11-26)35-21-28(33)19-32(18-25-8-6-5-7-9-25)20-29(34)22-36-31-16-12-27(13-17-31)24(3)4/h5-17,23-24,28-29,33-34H,18-22H2,1-4H3. The molecule has 3 aromatic rings. The summed E-state index contributed by atoms with van der Waals surface area (Å²) in [5.74, 6) is 2.41. The summed E-state index contributed by atoms with van der Waals surface area (Å²) >= 11 is 0. The number of aliphatic hydroxyl groups is 2. The molecule has 5 nitrogen and oxygen atoms in total. The molecule has 2 atom stereocenters. The highest BCUT2D eigenvalue weighted by molar-refractivity contribution is 5.29. The lowest BCUT2D eigenvalue weighted by Crippen LogP contribution is -2.41. The highest BCUT2D eigenvalue weighted by Crippen LogP contribution is 2.20. The topological polar surface area (TPSA) is 62.2 Å². The van der Waals surface area contributed by atoms with E-state index in [1.54, 1.807) is 0 Å². The molecule has 36 heavy (non-hydrogen) atoms. The molecule has 0 aromatic heterocycles. The van der Waals surface area contributed by atoms with Gasteiger partial charge < -0.3 is 19.7 Å². The lowest BCUT2D eigenvalue weighted by atomic mass is 10.0. The van der Waals surface area contributed by atoms with Crippen molar-refractivity contribution in [3.05, 3.63) is 95.6 Å². The third kappa shape index (κ3) is 9.30.